The fourth-order valence-corrected chi connectivity index (χ4v) is 5.27. The average molecular weight is 531 g/mol. The molecule has 0 amide bonds. The molecule has 0 bridgehead atoms. The number of halogens is 3. The number of methoxy groups -OCH3 is 1. The summed E-state index contributed by atoms with van der Waals surface area (Å²) in [5.74, 6) is 0.388. The number of alkyl halides is 3. The van der Waals surface area contributed by atoms with Crippen molar-refractivity contribution in [3.63, 3.8) is 0 Å². The topological polar surface area (TPSA) is 84.8 Å². The van der Waals surface area contributed by atoms with Crippen molar-refractivity contribution in [2.75, 3.05) is 11.8 Å². The number of Topliss-reactive ketones (excluding diaryl/α,β-unsaturated/α-hetero) is 1. The highest BCUT2D eigenvalue weighted by atomic mass is 32.2. The number of sulfonamides is 1. The quantitative estimate of drug-likeness (QED) is 0.385. The number of ether oxygens (including phenoxy) is 1. The predicted molar refractivity (Wildman–Crippen MR) is 135 cm³/mol. The summed E-state index contributed by atoms with van der Waals surface area (Å²) in [6, 6.07) is 14.8. The third-order valence-corrected chi connectivity index (χ3v) is 7.34. The number of benzene rings is 3. The molecule has 0 saturated carbocycles. The van der Waals surface area contributed by atoms with Crippen molar-refractivity contribution in [1.29, 1.82) is 0 Å². The van der Waals surface area contributed by atoms with Gasteiger partial charge in [0.25, 0.3) is 10.0 Å². The van der Waals surface area contributed by atoms with Gasteiger partial charge in [-0.05, 0) is 74.4 Å². The minimum Gasteiger partial charge on any atom is -0.497 e. The van der Waals surface area contributed by atoms with E-state index in [4.69, 9.17) is 9.73 Å². The molecule has 1 aliphatic rings. The Balaban J connectivity index is 1.56. The highest BCUT2D eigenvalue weighted by molar-refractivity contribution is 7.92. The van der Waals surface area contributed by atoms with E-state index in [1.165, 1.54) is 18.2 Å². The Labute approximate surface area is 213 Å². The van der Waals surface area contributed by atoms with Crippen molar-refractivity contribution in [2.24, 2.45) is 4.99 Å². The zero-order valence-electron chi connectivity index (χ0n) is 20.4. The number of hydrogen-bond acceptors (Lipinski definition) is 5. The van der Waals surface area contributed by atoms with E-state index in [1.807, 2.05) is 32.0 Å². The average Bonchev–Trinajstić information content (AvgIpc) is 2.82. The van der Waals surface area contributed by atoms with E-state index < -0.39 is 27.3 Å². The fraction of sp³-hybridized carbons (Fsp3) is 0.259. The van der Waals surface area contributed by atoms with Gasteiger partial charge in [0.15, 0.2) is 5.78 Å². The van der Waals surface area contributed by atoms with Gasteiger partial charge in [-0.3, -0.25) is 14.5 Å². The molecular weight excluding hydrogens is 505 g/mol. The Morgan fingerprint density at radius 1 is 1.05 bits per heavy atom. The summed E-state index contributed by atoms with van der Waals surface area (Å²) in [6.45, 7) is 3.97. The number of carbonyl (C=O) groups excluding carboxylic acids is 1. The van der Waals surface area contributed by atoms with Crippen molar-refractivity contribution < 1.29 is 31.1 Å². The van der Waals surface area contributed by atoms with Gasteiger partial charge in [0.1, 0.15) is 5.75 Å². The fourth-order valence-electron chi connectivity index (χ4n) is 4.22. The van der Waals surface area contributed by atoms with Crippen molar-refractivity contribution in [1.82, 2.24) is 0 Å². The zero-order valence-corrected chi connectivity index (χ0v) is 21.2. The summed E-state index contributed by atoms with van der Waals surface area (Å²) in [6.07, 6.45) is -3.86. The van der Waals surface area contributed by atoms with Gasteiger partial charge in [0.2, 0.25) is 0 Å². The van der Waals surface area contributed by atoms with Crippen molar-refractivity contribution in [3.8, 4) is 5.75 Å². The molecule has 1 aliphatic heterocycles. The maximum atomic E-state index is 13.2. The molecule has 0 aliphatic carbocycles. The monoisotopic (exact) mass is 530 g/mol. The van der Waals surface area contributed by atoms with Crippen LogP contribution in [0.3, 0.4) is 0 Å². The molecule has 3 aromatic carbocycles. The maximum Gasteiger partial charge on any atom is 0.416 e. The molecule has 0 atom stereocenters. The summed E-state index contributed by atoms with van der Waals surface area (Å²) >= 11 is 0. The van der Waals surface area contributed by atoms with E-state index in [9.17, 15) is 26.4 Å². The molecule has 194 valence electrons. The van der Waals surface area contributed by atoms with Gasteiger partial charge < -0.3 is 4.74 Å². The zero-order chi connectivity index (χ0) is 27.0. The number of nitrogens with one attached hydrogen (secondary N) is 1. The molecule has 0 aromatic heterocycles. The highest BCUT2D eigenvalue weighted by Crippen LogP contribution is 2.32. The van der Waals surface area contributed by atoms with Gasteiger partial charge in [0, 0.05) is 16.8 Å². The molecule has 1 N–H and O–H groups in total. The molecule has 37 heavy (non-hydrogen) atoms. The lowest BCUT2D eigenvalue weighted by Crippen LogP contribution is -2.30. The number of ketones is 1. The number of carbonyl (C=O) groups is 1. The summed E-state index contributed by atoms with van der Waals surface area (Å²) in [7, 11) is -2.61. The molecule has 0 fully saturated rings. The Hall–Kier alpha value is -3.66. The van der Waals surface area contributed by atoms with E-state index in [0.29, 0.717) is 30.0 Å². The van der Waals surface area contributed by atoms with Gasteiger partial charge in [-0.25, -0.2) is 8.42 Å². The van der Waals surface area contributed by atoms with Gasteiger partial charge in [0.05, 0.1) is 35.2 Å². The smallest absolute Gasteiger partial charge is 0.416 e. The maximum absolute atomic E-state index is 13.2. The number of aliphatic imine (C=N–C) groups is 1. The first-order chi connectivity index (χ1) is 17.3. The SMILES string of the molecule is COc1ccc2c(c1)C(CC(=O)c1cccc(NS(=O)(=O)c3ccc(C(F)(F)F)cc3)c1)=NC(C)(C)C2. The van der Waals surface area contributed by atoms with Crippen LogP contribution in [0.15, 0.2) is 76.6 Å². The van der Waals surface area contributed by atoms with Gasteiger partial charge in [-0.1, -0.05) is 18.2 Å². The first kappa shape index (κ1) is 26.4. The molecule has 6 nitrogen and oxygen atoms in total. The van der Waals surface area contributed by atoms with Gasteiger partial charge in [-0.2, -0.15) is 13.2 Å². The number of fused-ring (bicyclic) bond motifs is 1. The summed E-state index contributed by atoms with van der Waals surface area (Å²) < 4.78 is 71.5. The largest absolute Gasteiger partial charge is 0.497 e. The van der Waals surface area contributed by atoms with Crippen LogP contribution in [0.2, 0.25) is 0 Å². The second-order valence-corrected chi connectivity index (χ2v) is 11.1. The van der Waals surface area contributed by atoms with Crippen LogP contribution in [0.25, 0.3) is 0 Å². The van der Waals surface area contributed by atoms with Crippen LogP contribution in [0, 0.1) is 0 Å². The summed E-state index contributed by atoms with van der Waals surface area (Å²) in [5.41, 5.74) is 1.55. The molecular formula is C27H25F3N2O4S. The molecule has 0 spiro atoms. The van der Waals surface area contributed by atoms with Gasteiger partial charge in [-0.15, -0.1) is 0 Å². The predicted octanol–water partition coefficient (Wildman–Crippen LogP) is 5.91. The lowest BCUT2D eigenvalue weighted by atomic mass is 9.85. The van der Waals surface area contributed by atoms with E-state index in [1.54, 1.807) is 13.2 Å². The van der Waals surface area contributed by atoms with E-state index in [-0.39, 0.29) is 28.4 Å². The van der Waals surface area contributed by atoms with Crippen LogP contribution in [0.5, 0.6) is 5.75 Å². The van der Waals surface area contributed by atoms with E-state index >= 15 is 0 Å². The highest BCUT2D eigenvalue weighted by Gasteiger charge is 2.31. The van der Waals surface area contributed by atoms with E-state index in [0.717, 1.165) is 23.3 Å². The van der Waals surface area contributed by atoms with Crippen molar-refractivity contribution in [2.45, 2.75) is 43.3 Å². The molecule has 0 radical (unpaired) electrons. The first-order valence-electron chi connectivity index (χ1n) is 11.4. The van der Waals surface area contributed by atoms with Crippen LogP contribution in [0.1, 0.15) is 47.3 Å². The van der Waals surface area contributed by atoms with Crippen LogP contribution in [-0.2, 0) is 22.6 Å². The second kappa shape index (κ2) is 9.66. The van der Waals surface area contributed by atoms with Crippen molar-refractivity contribution in [3.05, 3.63) is 89.0 Å². The standard InChI is InChI=1S/C27H25F3N2O4S/c1-26(2)16-18-7-10-21(36-3)14-23(18)24(31-26)15-25(33)17-5-4-6-20(13-17)32-37(34,35)22-11-8-19(9-12-22)27(28,29)30/h4-14,32H,15-16H2,1-3H3. The number of anilines is 1. The van der Waals surface area contributed by atoms with E-state index in [2.05, 4.69) is 4.72 Å². The molecule has 10 heteroatoms. The normalized spacial score (nSPS) is 14.9. The van der Waals surface area contributed by atoms with Gasteiger partial charge >= 0.3 is 6.18 Å². The molecule has 0 saturated heterocycles. The molecule has 4 rings (SSSR count). The molecule has 0 unspecified atom stereocenters. The Morgan fingerprint density at radius 2 is 1.76 bits per heavy atom. The first-order valence-corrected chi connectivity index (χ1v) is 12.9. The van der Waals surface area contributed by atoms with Crippen LogP contribution in [0.4, 0.5) is 18.9 Å². The second-order valence-electron chi connectivity index (χ2n) is 9.38. The van der Waals surface area contributed by atoms with Crippen molar-refractivity contribution >= 4 is 27.2 Å². The Morgan fingerprint density at radius 3 is 2.41 bits per heavy atom. The van der Waals surface area contributed by atoms with Crippen LogP contribution < -0.4 is 9.46 Å². The third kappa shape index (κ3) is 6.02. The number of rotatable bonds is 7. The molecule has 1 heterocycles. The lowest BCUT2D eigenvalue weighted by Gasteiger charge is -2.29. The Bertz CT molecular complexity index is 1480. The number of nitrogens with zero attached hydrogens (tertiary/aromatic N) is 1. The van der Waals surface area contributed by atoms with Crippen LogP contribution in [-0.4, -0.2) is 32.6 Å². The summed E-state index contributed by atoms with van der Waals surface area (Å²) in [5, 5.41) is 0. The minimum absolute atomic E-state index is 0.00128. The third-order valence-electron chi connectivity index (χ3n) is 5.95. The van der Waals surface area contributed by atoms with Crippen LogP contribution >= 0.6 is 0 Å². The lowest BCUT2D eigenvalue weighted by molar-refractivity contribution is -0.137. The number of hydrogen-bond donors (Lipinski definition) is 1. The minimum atomic E-state index is -4.58. The Kier molecular flexibility index (Phi) is 6.89. The molecule has 3 aromatic rings. The summed E-state index contributed by atoms with van der Waals surface area (Å²) in [4.78, 5) is 17.7.